The zero-order chi connectivity index (χ0) is 10.2. The van der Waals surface area contributed by atoms with E-state index < -0.39 is 0 Å². The summed E-state index contributed by atoms with van der Waals surface area (Å²) in [5, 5.41) is 13.1. The lowest BCUT2D eigenvalue weighted by molar-refractivity contribution is 0.0325. The number of hydrogen-bond donors (Lipinski definition) is 2. The van der Waals surface area contributed by atoms with Gasteiger partial charge in [-0.05, 0) is 19.1 Å². The van der Waals surface area contributed by atoms with Crippen molar-refractivity contribution in [1.29, 1.82) is 0 Å². The Morgan fingerprint density at radius 2 is 2.21 bits per heavy atom. The van der Waals surface area contributed by atoms with E-state index in [1.54, 1.807) is 18.2 Å². The van der Waals surface area contributed by atoms with Crippen molar-refractivity contribution in [3.8, 4) is 11.5 Å². The van der Waals surface area contributed by atoms with Crippen molar-refractivity contribution in [2.45, 2.75) is 12.5 Å². The van der Waals surface area contributed by atoms with Crippen LogP contribution in [-0.2, 0) is 0 Å². The number of nitrogens with one attached hydrogen (secondary N) is 1. The number of phenols is 1. The van der Waals surface area contributed by atoms with E-state index in [0.29, 0.717) is 10.8 Å². The molecule has 0 spiro atoms. The van der Waals surface area contributed by atoms with Crippen LogP contribution in [0.2, 0.25) is 5.02 Å². The summed E-state index contributed by atoms with van der Waals surface area (Å²) < 4.78 is 5.65. The van der Waals surface area contributed by atoms with Crippen LogP contribution in [0, 0.1) is 0 Å². The molecule has 0 unspecified atom stereocenters. The van der Waals surface area contributed by atoms with Crippen LogP contribution in [0.5, 0.6) is 11.5 Å². The van der Waals surface area contributed by atoms with Crippen LogP contribution >= 0.6 is 11.6 Å². The summed E-state index contributed by atoms with van der Waals surface area (Å²) in [6.45, 7) is 3.53. The van der Waals surface area contributed by atoms with Gasteiger partial charge in [0.1, 0.15) is 5.60 Å². The van der Waals surface area contributed by atoms with Crippen LogP contribution < -0.4 is 10.1 Å². The second-order valence-corrected chi connectivity index (χ2v) is 4.15. The highest BCUT2D eigenvalue weighted by atomic mass is 35.5. The van der Waals surface area contributed by atoms with Crippen LogP contribution in [-0.4, -0.2) is 23.8 Å². The summed E-state index contributed by atoms with van der Waals surface area (Å²) in [5.41, 5.74) is -0.248. The lowest BCUT2D eigenvalue weighted by Crippen LogP contribution is -2.61. The summed E-state index contributed by atoms with van der Waals surface area (Å²) in [7, 11) is 0. The summed E-state index contributed by atoms with van der Waals surface area (Å²) in [5.74, 6) is 0.462. The van der Waals surface area contributed by atoms with Gasteiger partial charge in [0.05, 0.1) is 5.02 Å². The Morgan fingerprint density at radius 1 is 1.50 bits per heavy atom. The van der Waals surface area contributed by atoms with Crippen molar-refractivity contribution in [2.24, 2.45) is 0 Å². The first-order chi connectivity index (χ1) is 6.61. The summed E-state index contributed by atoms with van der Waals surface area (Å²) in [6, 6.07) is 4.95. The third kappa shape index (κ3) is 1.65. The number of rotatable bonds is 2. The lowest BCUT2D eigenvalue weighted by Gasteiger charge is -2.39. The molecule has 1 saturated heterocycles. The quantitative estimate of drug-likeness (QED) is 0.787. The van der Waals surface area contributed by atoms with Gasteiger partial charge in [0.2, 0.25) is 0 Å². The average molecular weight is 214 g/mol. The van der Waals surface area contributed by atoms with Crippen LogP contribution in [0.1, 0.15) is 6.92 Å². The molecule has 1 aliphatic rings. The number of hydrogen-bond acceptors (Lipinski definition) is 3. The van der Waals surface area contributed by atoms with Crippen molar-refractivity contribution < 1.29 is 9.84 Å². The molecule has 0 aliphatic carbocycles. The number of ether oxygens (including phenoxy) is 1. The molecule has 1 heterocycles. The van der Waals surface area contributed by atoms with Gasteiger partial charge in [-0.1, -0.05) is 17.7 Å². The van der Waals surface area contributed by atoms with E-state index in [-0.39, 0.29) is 11.4 Å². The molecule has 0 bridgehead atoms. The summed E-state index contributed by atoms with van der Waals surface area (Å²) in [6.07, 6.45) is 0. The van der Waals surface area contributed by atoms with Crippen molar-refractivity contribution in [2.75, 3.05) is 13.1 Å². The summed E-state index contributed by atoms with van der Waals surface area (Å²) in [4.78, 5) is 0. The van der Waals surface area contributed by atoms with Crippen LogP contribution in [0.25, 0.3) is 0 Å². The maximum Gasteiger partial charge on any atom is 0.180 e. The molecule has 2 rings (SSSR count). The predicted octanol–water partition coefficient (Wildman–Crippen LogP) is 1.79. The molecule has 1 aromatic carbocycles. The molecule has 0 atom stereocenters. The number of para-hydroxylation sites is 1. The van der Waals surface area contributed by atoms with E-state index in [9.17, 15) is 5.11 Å². The lowest BCUT2D eigenvalue weighted by atomic mass is 10.00. The van der Waals surface area contributed by atoms with Crippen LogP contribution in [0.3, 0.4) is 0 Å². The Morgan fingerprint density at radius 3 is 2.71 bits per heavy atom. The maximum atomic E-state index is 9.54. The summed E-state index contributed by atoms with van der Waals surface area (Å²) >= 11 is 5.91. The fourth-order valence-corrected chi connectivity index (χ4v) is 1.60. The van der Waals surface area contributed by atoms with E-state index in [0.717, 1.165) is 13.1 Å². The molecular weight excluding hydrogens is 202 g/mol. The number of halogens is 1. The van der Waals surface area contributed by atoms with Crippen LogP contribution in [0.15, 0.2) is 18.2 Å². The molecule has 3 nitrogen and oxygen atoms in total. The number of aromatic hydroxyl groups is 1. The van der Waals surface area contributed by atoms with Gasteiger partial charge in [0.15, 0.2) is 11.5 Å². The molecule has 14 heavy (non-hydrogen) atoms. The van der Waals surface area contributed by atoms with Gasteiger partial charge in [-0.25, -0.2) is 0 Å². The first-order valence-electron chi connectivity index (χ1n) is 4.48. The SMILES string of the molecule is CC1(Oc2c(O)cccc2Cl)CNC1. The highest BCUT2D eigenvalue weighted by molar-refractivity contribution is 6.32. The Balaban J connectivity index is 2.23. The molecule has 0 radical (unpaired) electrons. The van der Waals surface area contributed by atoms with Gasteiger partial charge >= 0.3 is 0 Å². The number of phenolic OH excluding ortho intramolecular Hbond substituents is 1. The Hall–Kier alpha value is -0.930. The largest absolute Gasteiger partial charge is 0.504 e. The standard InChI is InChI=1S/C10H12ClNO2/c1-10(5-12-6-10)14-9-7(11)3-2-4-8(9)13/h2-4,12-13H,5-6H2,1H3. The first-order valence-corrected chi connectivity index (χ1v) is 4.86. The molecule has 0 amide bonds. The minimum atomic E-state index is -0.248. The molecule has 0 aromatic heterocycles. The fraction of sp³-hybridized carbons (Fsp3) is 0.400. The van der Waals surface area contributed by atoms with E-state index in [1.165, 1.54) is 0 Å². The number of benzene rings is 1. The van der Waals surface area contributed by atoms with Crippen molar-refractivity contribution in [3.63, 3.8) is 0 Å². The highest BCUT2D eigenvalue weighted by Gasteiger charge is 2.35. The third-order valence-corrected chi connectivity index (χ3v) is 2.59. The predicted molar refractivity (Wildman–Crippen MR) is 55.0 cm³/mol. The van der Waals surface area contributed by atoms with Gasteiger partial charge in [0.25, 0.3) is 0 Å². The molecule has 2 N–H and O–H groups in total. The first kappa shape index (κ1) is 9.62. The molecule has 1 aliphatic heterocycles. The minimum absolute atomic E-state index is 0.0885. The molecule has 0 saturated carbocycles. The smallest absolute Gasteiger partial charge is 0.180 e. The fourth-order valence-electron chi connectivity index (χ4n) is 1.39. The average Bonchev–Trinajstić information content (AvgIpc) is 2.09. The topological polar surface area (TPSA) is 41.5 Å². The second-order valence-electron chi connectivity index (χ2n) is 3.74. The van der Waals surface area contributed by atoms with Crippen LogP contribution in [0.4, 0.5) is 0 Å². The normalized spacial score (nSPS) is 18.7. The Kier molecular flexibility index (Phi) is 2.29. The monoisotopic (exact) mass is 213 g/mol. The van der Waals surface area contributed by atoms with Gasteiger partial charge in [-0.3, -0.25) is 0 Å². The zero-order valence-electron chi connectivity index (χ0n) is 7.88. The zero-order valence-corrected chi connectivity index (χ0v) is 8.64. The Labute approximate surface area is 87.6 Å². The van der Waals surface area contributed by atoms with Gasteiger partial charge in [-0.2, -0.15) is 0 Å². The second kappa shape index (κ2) is 3.33. The molecule has 4 heteroatoms. The maximum absolute atomic E-state index is 9.54. The highest BCUT2D eigenvalue weighted by Crippen LogP contribution is 2.36. The van der Waals surface area contributed by atoms with Crippen molar-refractivity contribution in [3.05, 3.63) is 23.2 Å². The van der Waals surface area contributed by atoms with E-state index in [2.05, 4.69) is 5.32 Å². The van der Waals surface area contributed by atoms with Crippen molar-refractivity contribution >= 4 is 11.6 Å². The molecule has 76 valence electrons. The van der Waals surface area contributed by atoms with Gasteiger partial charge < -0.3 is 15.2 Å². The Bertz CT molecular complexity index is 330. The van der Waals surface area contributed by atoms with E-state index >= 15 is 0 Å². The van der Waals surface area contributed by atoms with E-state index in [1.807, 2.05) is 6.92 Å². The molecule has 1 fully saturated rings. The van der Waals surface area contributed by atoms with Gasteiger partial charge in [0, 0.05) is 13.1 Å². The molecule has 1 aromatic rings. The van der Waals surface area contributed by atoms with Gasteiger partial charge in [-0.15, -0.1) is 0 Å². The minimum Gasteiger partial charge on any atom is -0.504 e. The molecular formula is C10H12ClNO2. The van der Waals surface area contributed by atoms with Crippen molar-refractivity contribution in [1.82, 2.24) is 5.32 Å². The van der Waals surface area contributed by atoms with E-state index in [4.69, 9.17) is 16.3 Å². The third-order valence-electron chi connectivity index (χ3n) is 2.29.